The molecule has 0 radical (unpaired) electrons. The summed E-state index contributed by atoms with van der Waals surface area (Å²) in [5, 5.41) is 3.63. The minimum atomic E-state index is -0.362. The van der Waals surface area contributed by atoms with Crippen LogP contribution in [-0.2, 0) is 11.2 Å². The predicted molar refractivity (Wildman–Crippen MR) is 78.3 cm³/mol. The van der Waals surface area contributed by atoms with E-state index in [0.717, 1.165) is 18.5 Å². The first-order chi connectivity index (χ1) is 9.13. The average Bonchev–Trinajstić information content (AvgIpc) is 2.40. The largest absolute Gasteiger partial charge is 0.377 e. The van der Waals surface area contributed by atoms with Gasteiger partial charge in [-0.15, -0.1) is 0 Å². The van der Waals surface area contributed by atoms with Gasteiger partial charge in [0.05, 0.1) is 11.1 Å². The Morgan fingerprint density at radius 3 is 2.63 bits per heavy atom. The van der Waals surface area contributed by atoms with Crippen molar-refractivity contribution in [2.45, 2.75) is 45.8 Å². The molecular weight excluding hydrogens is 265 g/mol. The van der Waals surface area contributed by atoms with E-state index in [1.165, 1.54) is 6.07 Å². The van der Waals surface area contributed by atoms with E-state index < -0.39 is 0 Å². The third-order valence-electron chi connectivity index (χ3n) is 3.17. The molecule has 0 aliphatic rings. The molecule has 2 atom stereocenters. The number of benzene rings is 1. The zero-order chi connectivity index (χ0) is 14.3. The van der Waals surface area contributed by atoms with E-state index in [2.05, 4.69) is 19.2 Å². The van der Waals surface area contributed by atoms with Crippen LogP contribution < -0.4 is 5.32 Å². The van der Waals surface area contributed by atoms with Crippen molar-refractivity contribution in [3.63, 3.8) is 0 Å². The zero-order valence-electron chi connectivity index (χ0n) is 11.9. The summed E-state index contributed by atoms with van der Waals surface area (Å²) in [6, 6.07) is 5.10. The van der Waals surface area contributed by atoms with Crippen LogP contribution in [0.25, 0.3) is 0 Å². The van der Waals surface area contributed by atoms with Crippen LogP contribution in [0.5, 0.6) is 0 Å². The maximum Gasteiger partial charge on any atom is 0.142 e. The lowest BCUT2D eigenvalue weighted by atomic mass is 9.99. The molecule has 19 heavy (non-hydrogen) atoms. The van der Waals surface area contributed by atoms with Gasteiger partial charge in [0, 0.05) is 12.6 Å². The smallest absolute Gasteiger partial charge is 0.142 e. The third kappa shape index (κ3) is 4.75. The minimum absolute atomic E-state index is 0.115. The van der Waals surface area contributed by atoms with Crippen LogP contribution in [0.1, 0.15) is 32.8 Å². The van der Waals surface area contributed by atoms with Crippen molar-refractivity contribution >= 4 is 11.6 Å². The number of hydrogen-bond acceptors (Lipinski definition) is 2. The van der Waals surface area contributed by atoms with Gasteiger partial charge in [0.2, 0.25) is 0 Å². The maximum absolute atomic E-state index is 13.5. The van der Waals surface area contributed by atoms with E-state index in [-0.39, 0.29) is 23.0 Å². The Morgan fingerprint density at radius 1 is 1.32 bits per heavy atom. The number of halogens is 2. The standard InChI is InChI=1S/C15H23ClFNO/c1-4-14(19-6-3)13(18-5-2)10-11-8-7-9-12(17)15(11)16/h7-9,13-14,18H,4-6,10H2,1-3H3. The molecule has 0 aromatic heterocycles. The summed E-state index contributed by atoms with van der Waals surface area (Å²) in [5.41, 5.74) is 0.825. The third-order valence-corrected chi connectivity index (χ3v) is 3.59. The van der Waals surface area contributed by atoms with Gasteiger partial charge < -0.3 is 10.1 Å². The molecule has 0 fully saturated rings. The van der Waals surface area contributed by atoms with Crippen molar-refractivity contribution in [2.75, 3.05) is 13.2 Å². The first-order valence-corrected chi connectivity index (χ1v) is 7.29. The maximum atomic E-state index is 13.5. The fraction of sp³-hybridized carbons (Fsp3) is 0.600. The van der Waals surface area contributed by atoms with E-state index >= 15 is 0 Å². The molecule has 108 valence electrons. The highest BCUT2D eigenvalue weighted by atomic mass is 35.5. The summed E-state index contributed by atoms with van der Waals surface area (Å²) < 4.78 is 19.2. The first-order valence-electron chi connectivity index (χ1n) is 6.91. The number of rotatable bonds is 8. The first kappa shape index (κ1) is 16.4. The minimum Gasteiger partial charge on any atom is -0.377 e. The van der Waals surface area contributed by atoms with Crippen LogP contribution in [0, 0.1) is 5.82 Å². The molecule has 2 unspecified atom stereocenters. The highest BCUT2D eigenvalue weighted by molar-refractivity contribution is 6.31. The highest BCUT2D eigenvalue weighted by Crippen LogP contribution is 2.22. The Balaban J connectivity index is 2.85. The molecule has 0 aliphatic heterocycles. The van der Waals surface area contributed by atoms with Gasteiger partial charge in [0.25, 0.3) is 0 Å². The van der Waals surface area contributed by atoms with Crippen molar-refractivity contribution in [1.29, 1.82) is 0 Å². The lowest BCUT2D eigenvalue weighted by molar-refractivity contribution is 0.0323. The van der Waals surface area contributed by atoms with Gasteiger partial charge in [-0.2, -0.15) is 0 Å². The molecule has 1 rings (SSSR count). The van der Waals surface area contributed by atoms with E-state index in [9.17, 15) is 4.39 Å². The molecule has 0 amide bonds. The van der Waals surface area contributed by atoms with Crippen molar-refractivity contribution in [2.24, 2.45) is 0 Å². The van der Waals surface area contributed by atoms with Gasteiger partial charge in [0.15, 0.2) is 0 Å². The summed E-state index contributed by atoms with van der Waals surface area (Å²) in [6.45, 7) is 7.66. The number of ether oxygens (including phenoxy) is 1. The van der Waals surface area contributed by atoms with Crippen LogP contribution in [0.4, 0.5) is 4.39 Å². The number of likely N-dealkylation sites (N-methyl/N-ethyl adjacent to an activating group) is 1. The van der Waals surface area contributed by atoms with E-state index in [4.69, 9.17) is 16.3 Å². The summed E-state index contributed by atoms with van der Waals surface area (Å²) in [7, 11) is 0. The summed E-state index contributed by atoms with van der Waals surface area (Å²) >= 11 is 6.02. The van der Waals surface area contributed by atoms with E-state index in [1.54, 1.807) is 6.07 Å². The molecule has 2 nitrogen and oxygen atoms in total. The van der Waals surface area contributed by atoms with Crippen molar-refractivity contribution < 1.29 is 9.13 Å². The summed E-state index contributed by atoms with van der Waals surface area (Å²) in [5.74, 6) is -0.362. The van der Waals surface area contributed by atoms with Gasteiger partial charge in [0.1, 0.15) is 5.82 Å². The Morgan fingerprint density at radius 2 is 2.05 bits per heavy atom. The molecule has 0 saturated carbocycles. The van der Waals surface area contributed by atoms with Crippen LogP contribution in [0.2, 0.25) is 5.02 Å². The normalized spacial score (nSPS) is 14.4. The Bertz CT molecular complexity index is 386. The topological polar surface area (TPSA) is 21.3 Å². The Hall–Kier alpha value is -0.640. The lowest BCUT2D eigenvalue weighted by Gasteiger charge is -2.27. The SMILES string of the molecule is CCNC(Cc1cccc(F)c1Cl)C(CC)OCC. The van der Waals surface area contributed by atoms with E-state index in [0.29, 0.717) is 13.0 Å². The summed E-state index contributed by atoms with van der Waals surface area (Å²) in [6.07, 6.45) is 1.70. The second kappa shape index (κ2) is 8.51. The van der Waals surface area contributed by atoms with Crippen molar-refractivity contribution in [3.05, 3.63) is 34.6 Å². The van der Waals surface area contributed by atoms with Gasteiger partial charge in [-0.1, -0.05) is 37.6 Å². The van der Waals surface area contributed by atoms with Crippen LogP contribution in [0.3, 0.4) is 0 Å². The van der Waals surface area contributed by atoms with Gasteiger partial charge in [-0.05, 0) is 37.9 Å². The lowest BCUT2D eigenvalue weighted by Crippen LogP contribution is -2.42. The molecule has 0 heterocycles. The fourth-order valence-corrected chi connectivity index (χ4v) is 2.48. The van der Waals surface area contributed by atoms with Crippen LogP contribution >= 0.6 is 11.6 Å². The van der Waals surface area contributed by atoms with Gasteiger partial charge >= 0.3 is 0 Å². The summed E-state index contributed by atoms with van der Waals surface area (Å²) in [4.78, 5) is 0. The Labute approximate surface area is 120 Å². The second-order valence-corrected chi connectivity index (χ2v) is 4.86. The monoisotopic (exact) mass is 287 g/mol. The molecule has 4 heteroatoms. The van der Waals surface area contributed by atoms with Crippen LogP contribution in [-0.4, -0.2) is 25.3 Å². The van der Waals surface area contributed by atoms with Crippen molar-refractivity contribution in [3.8, 4) is 0 Å². The molecule has 0 aliphatic carbocycles. The molecule has 1 N–H and O–H groups in total. The number of hydrogen-bond donors (Lipinski definition) is 1. The Kier molecular flexibility index (Phi) is 7.36. The van der Waals surface area contributed by atoms with Crippen LogP contribution in [0.15, 0.2) is 18.2 Å². The predicted octanol–water partition coefficient (Wildman–Crippen LogP) is 3.81. The molecule has 1 aromatic rings. The quantitative estimate of drug-likeness (QED) is 0.785. The van der Waals surface area contributed by atoms with E-state index in [1.807, 2.05) is 13.0 Å². The fourth-order valence-electron chi connectivity index (χ4n) is 2.27. The molecule has 0 spiro atoms. The second-order valence-electron chi connectivity index (χ2n) is 4.48. The van der Waals surface area contributed by atoms with Crippen molar-refractivity contribution in [1.82, 2.24) is 5.32 Å². The molecule has 0 bridgehead atoms. The number of nitrogens with one attached hydrogen (secondary N) is 1. The average molecular weight is 288 g/mol. The zero-order valence-corrected chi connectivity index (χ0v) is 12.6. The molecular formula is C15H23ClFNO. The van der Waals surface area contributed by atoms with Gasteiger partial charge in [-0.25, -0.2) is 4.39 Å². The molecule has 0 saturated heterocycles. The highest BCUT2D eigenvalue weighted by Gasteiger charge is 2.21. The molecule has 1 aromatic carbocycles. The van der Waals surface area contributed by atoms with Gasteiger partial charge in [-0.3, -0.25) is 0 Å².